The van der Waals surface area contributed by atoms with Crippen LogP contribution in [0, 0.1) is 12.3 Å². The number of nitrogens with one attached hydrogen (secondary N) is 1. The first kappa shape index (κ1) is 20.0. The Hall–Kier alpha value is -3.29. The lowest BCUT2D eigenvalue weighted by atomic mass is 9.86. The lowest BCUT2D eigenvalue weighted by molar-refractivity contribution is 0.183. The fraction of sp³-hybridized carbons (Fsp3) is 0.409. The van der Waals surface area contributed by atoms with Crippen LogP contribution in [0.4, 0.5) is 17.5 Å². The Labute approximate surface area is 176 Å². The second kappa shape index (κ2) is 7.51. The number of aryl methyl sites for hydroxylation is 1. The lowest BCUT2D eigenvalue weighted by Crippen LogP contribution is -2.49. The minimum Gasteiger partial charge on any atom is -0.494 e. The number of hydrogen-bond acceptors (Lipinski definition) is 7. The van der Waals surface area contributed by atoms with E-state index in [-0.39, 0.29) is 11.5 Å². The average molecular weight is 409 g/mol. The van der Waals surface area contributed by atoms with E-state index in [0.29, 0.717) is 18.3 Å². The minimum atomic E-state index is 0.0693. The van der Waals surface area contributed by atoms with E-state index in [1.807, 2.05) is 35.9 Å². The summed E-state index contributed by atoms with van der Waals surface area (Å²) in [6, 6.07) is 6.09. The molecule has 158 valence electrons. The van der Waals surface area contributed by atoms with Crippen molar-refractivity contribution in [3.8, 4) is 17.2 Å². The number of hydrogen-bond donors (Lipinski definition) is 1. The Bertz CT molecular complexity index is 1060. The summed E-state index contributed by atoms with van der Waals surface area (Å²) in [5.41, 5.74) is 2.76. The predicted molar refractivity (Wildman–Crippen MR) is 117 cm³/mol. The molecule has 1 N–H and O–H groups in total. The number of nitrogens with zero attached hydrogens (tertiary/aromatic N) is 5. The Kier molecular flexibility index (Phi) is 5.01. The van der Waals surface area contributed by atoms with Gasteiger partial charge in [0.15, 0.2) is 11.6 Å². The van der Waals surface area contributed by atoms with Crippen LogP contribution in [-0.2, 0) is 0 Å². The molecule has 8 nitrogen and oxygen atoms in total. The van der Waals surface area contributed by atoms with Crippen molar-refractivity contribution >= 4 is 17.5 Å². The minimum absolute atomic E-state index is 0.0693. The van der Waals surface area contributed by atoms with Crippen molar-refractivity contribution in [3.05, 3.63) is 42.6 Å². The first-order valence-electron chi connectivity index (χ1n) is 9.95. The fourth-order valence-corrected chi connectivity index (χ4v) is 3.69. The van der Waals surface area contributed by atoms with Crippen LogP contribution in [0.25, 0.3) is 5.69 Å². The smallest absolute Gasteiger partial charge is 0.229 e. The van der Waals surface area contributed by atoms with Crippen LogP contribution in [0.15, 0.2) is 36.9 Å². The molecule has 3 heterocycles. The van der Waals surface area contributed by atoms with Crippen LogP contribution < -0.4 is 19.7 Å². The Balaban J connectivity index is 1.60. The zero-order chi connectivity index (χ0) is 21.5. The van der Waals surface area contributed by atoms with E-state index < -0.39 is 0 Å². The van der Waals surface area contributed by atoms with Crippen molar-refractivity contribution in [3.63, 3.8) is 0 Å². The quantitative estimate of drug-likeness (QED) is 0.700. The van der Waals surface area contributed by atoms with Gasteiger partial charge in [0.1, 0.15) is 12.4 Å². The molecule has 0 fully saturated rings. The predicted octanol–water partition coefficient (Wildman–Crippen LogP) is 3.97. The van der Waals surface area contributed by atoms with Crippen molar-refractivity contribution in [1.29, 1.82) is 0 Å². The molecule has 1 aromatic carbocycles. The highest BCUT2D eigenvalue weighted by atomic mass is 16.5. The van der Waals surface area contributed by atoms with Crippen LogP contribution >= 0.6 is 0 Å². The number of aromatic nitrogens is 4. The first-order chi connectivity index (χ1) is 14.3. The van der Waals surface area contributed by atoms with Gasteiger partial charge in [-0.15, -0.1) is 0 Å². The van der Waals surface area contributed by atoms with Gasteiger partial charge in [0.05, 0.1) is 37.1 Å². The van der Waals surface area contributed by atoms with Gasteiger partial charge in [-0.05, 0) is 24.5 Å². The number of benzene rings is 1. The molecule has 8 heteroatoms. The van der Waals surface area contributed by atoms with Crippen molar-refractivity contribution in [2.45, 2.75) is 33.7 Å². The average Bonchev–Trinajstić information content (AvgIpc) is 3.13. The second-order valence-corrected chi connectivity index (χ2v) is 8.62. The Morgan fingerprint density at radius 1 is 1.23 bits per heavy atom. The molecule has 1 atom stereocenters. The highest BCUT2D eigenvalue weighted by Crippen LogP contribution is 2.37. The standard InChI is InChI=1S/C22H28N6O2/c1-14-11-28(13-24-14)16-8-7-15(9-17(16)29-6)25-21-23-10-18-20(26-21)27(5)19(12-30-18)22(2,3)4/h7-11,13,19H,12H2,1-6H3,(H,23,25,26)/t19-/m1/s1. The highest BCUT2D eigenvalue weighted by molar-refractivity contribution is 5.64. The summed E-state index contributed by atoms with van der Waals surface area (Å²) >= 11 is 0. The van der Waals surface area contributed by atoms with Gasteiger partial charge >= 0.3 is 0 Å². The molecule has 0 saturated carbocycles. The number of anilines is 3. The van der Waals surface area contributed by atoms with E-state index in [4.69, 9.17) is 14.5 Å². The number of ether oxygens (including phenoxy) is 2. The molecular weight excluding hydrogens is 380 g/mol. The molecule has 0 radical (unpaired) electrons. The maximum absolute atomic E-state index is 5.92. The van der Waals surface area contributed by atoms with Crippen molar-refractivity contribution in [2.24, 2.45) is 5.41 Å². The number of likely N-dealkylation sites (N-methyl/N-ethyl adjacent to an activating group) is 1. The normalized spacial score (nSPS) is 16.1. The van der Waals surface area contributed by atoms with Crippen molar-refractivity contribution in [1.82, 2.24) is 19.5 Å². The third-order valence-corrected chi connectivity index (χ3v) is 5.36. The van der Waals surface area contributed by atoms with E-state index in [1.165, 1.54) is 0 Å². The summed E-state index contributed by atoms with van der Waals surface area (Å²) in [6.07, 6.45) is 5.45. The van der Waals surface area contributed by atoms with E-state index >= 15 is 0 Å². The zero-order valence-electron chi connectivity index (χ0n) is 18.3. The number of rotatable bonds is 4. The maximum atomic E-state index is 5.92. The van der Waals surface area contributed by atoms with Crippen LogP contribution in [-0.4, -0.2) is 46.3 Å². The topological polar surface area (TPSA) is 77.3 Å². The summed E-state index contributed by atoms with van der Waals surface area (Å²) in [7, 11) is 3.71. The molecule has 0 aliphatic carbocycles. The molecule has 4 rings (SSSR count). The summed E-state index contributed by atoms with van der Waals surface area (Å²) in [6.45, 7) is 9.20. The molecule has 0 unspecified atom stereocenters. The molecule has 0 amide bonds. The third-order valence-electron chi connectivity index (χ3n) is 5.36. The second-order valence-electron chi connectivity index (χ2n) is 8.62. The SMILES string of the molecule is COc1cc(Nc2ncc3c(n2)N(C)[C@@H](C(C)(C)C)CO3)ccc1-n1cnc(C)c1. The van der Waals surface area contributed by atoms with Gasteiger partial charge in [0, 0.05) is 25.0 Å². The number of fused-ring (bicyclic) bond motifs is 1. The van der Waals surface area contributed by atoms with Gasteiger partial charge < -0.3 is 24.3 Å². The highest BCUT2D eigenvalue weighted by Gasteiger charge is 2.35. The first-order valence-corrected chi connectivity index (χ1v) is 9.95. The largest absolute Gasteiger partial charge is 0.494 e. The lowest BCUT2D eigenvalue weighted by Gasteiger charge is -2.42. The van der Waals surface area contributed by atoms with E-state index in [1.54, 1.807) is 19.6 Å². The maximum Gasteiger partial charge on any atom is 0.229 e. The van der Waals surface area contributed by atoms with Gasteiger partial charge in [0.25, 0.3) is 0 Å². The zero-order valence-corrected chi connectivity index (χ0v) is 18.3. The Morgan fingerprint density at radius 2 is 2.03 bits per heavy atom. The molecule has 0 spiro atoms. The van der Waals surface area contributed by atoms with Gasteiger partial charge in [-0.2, -0.15) is 4.98 Å². The molecular formula is C22H28N6O2. The number of methoxy groups -OCH3 is 1. The van der Waals surface area contributed by atoms with Crippen LogP contribution in [0.5, 0.6) is 11.5 Å². The van der Waals surface area contributed by atoms with Crippen molar-refractivity contribution < 1.29 is 9.47 Å². The molecule has 1 aliphatic heterocycles. The summed E-state index contributed by atoms with van der Waals surface area (Å²) in [5, 5.41) is 3.28. The van der Waals surface area contributed by atoms with Crippen LogP contribution in [0.3, 0.4) is 0 Å². The monoisotopic (exact) mass is 408 g/mol. The van der Waals surface area contributed by atoms with Crippen LogP contribution in [0.1, 0.15) is 26.5 Å². The van der Waals surface area contributed by atoms with Crippen LogP contribution in [0.2, 0.25) is 0 Å². The molecule has 30 heavy (non-hydrogen) atoms. The molecule has 0 saturated heterocycles. The van der Waals surface area contributed by atoms with Gasteiger partial charge in [-0.1, -0.05) is 20.8 Å². The van der Waals surface area contributed by atoms with Gasteiger partial charge in [-0.25, -0.2) is 9.97 Å². The van der Waals surface area contributed by atoms with Gasteiger partial charge in [-0.3, -0.25) is 0 Å². The molecule has 3 aromatic rings. The van der Waals surface area contributed by atoms with E-state index in [0.717, 1.165) is 28.6 Å². The fourth-order valence-electron chi connectivity index (χ4n) is 3.69. The molecule has 1 aliphatic rings. The van der Waals surface area contributed by atoms with E-state index in [9.17, 15) is 0 Å². The number of imidazole rings is 1. The molecule has 0 bridgehead atoms. The van der Waals surface area contributed by atoms with E-state index in [2.05, 4.69) is 48.0 Å². The summed E-state index contributed by atoms with van der Waals surface area (Å²) < 4.78 is 13.4. The van der Waals surface area contributed by atoms with Crippen molar-refractivity contribution in [2.75, 3.05) is 31.0 Å². The third kappa shape index (κ3) is 3.77. The van der Waals surface area contributed by atoms with Gasteiger partial charge in [0.2, 0.25) is 5.95 Å². The summed E-state index contributed by atoms with van der Waals surface area (Å²) in [4.78, 5) is 15.6. The molecule has 2 aromatic heterocycles. The Morgan fingerprint density at radius 3 is 2.70 bits per heavy atom. The summed E-state index contributed by atoms with van der Waals surface area (Å²) in [5.74, 6) is 2.72.